The summed E-state index contributed by atoms with van der Waals surface area (Å²) < 4.78 is 0. The Morgan fingerprint density at radius 2 is 1.92 bits per heavy atom. The van der Waals surface area contributed by atoms with E-state index >= 15 is 0 Å². The van der Waals surface area contributed by atoms with Gasteiger partial charge >= 0.3 is 5.69 Å². The average molecular weight is 169 g/mol. The highest BCUT2D eigenvalue weighted by Gasteiger charge is 2.06. The standard InChI is InChI=1S/C6H6N2O4/c1-2(9)3-4(10)7-6(12)8-5(3)11/h1H3,(H3,7,8,10,11,12)/p-1. The lowest BCUT2D eigenvalue weighted by atomic mass is 10.2. The second kappa shape index (κ2) is 2.65. The molecular formula is C6H5N2O4-. The lowest BCUT2D eigenvalue weighted by Crippen LogP contribution is -2.29. The Balaban J connectivity index is 3.60. The number of hydrogen-bond acceptors (Lipinski definition) is 4. The molecule has 0 aliphatic rings. The molecule has 1 heterocycles. The van der Waals surface area contributed by atoms with Gasteiger partial charge in [-0.05, 0) is 12.8 Å². The van der Waals surface area contributed by atoms with Gasteiger partial charge in [0.05, 0.1) is 5.56 Å². The number of aromatic amines is 2. The van der Waals surface area contributed by atoms with Crippen molar-refractivity contribution in [3.63, 3.8) is 0 Å². The zero-order valence-electron chi connectivity index (χ0n) is 6.13. The molecule has 64 valence electrons. The monoisotopic (exact) mass is 169 g/mol. The van der Waals surface area contributed by atoms with E-state index in [1.807, 2.05) is 0 Å². The maximum Gasteiger partial charge on any atom is 0.325 e. The molecule has 0 aliphatic heterocycles. The third-order valence-electron chi connectivity index (χ3n) is 1.26. The smallest absolute Gasteiger partial charge is 0.325 e. The second-order valence-corrected chi connectivity index (χ2v) is 2.17. The van der Waals surface area contributed by atoms with E-state index in [9.17, 15) is 19.5 Å². The third-order valence-corrected chi connectivity index (χ3v) is 1.26. The van der Waals surface area contributed by atoms with E-state index in [1.165, 1.54) is 0 Å². The van der Waals surface area contributed by atoms with Crippen molar-refractivity contribution in [3.05, 3.63) is 26.4 Å². The topological polar surface area (TPSA) is 106 Å². The van der Waals surface area contributed by atoms with E-state index in [0.29, 0.717) is 0 Å². The Bertz CT molecular complexity index is 428. The Morgan fingerprint density at radius 1 is 1.33 bits per heavy atom. The largest absolute Gasteiger partial charge is 0.859 e. The number of nitrogens with one attached hydrogen (secondary N) is 2. The van der Waals surface area contributed by atoms with Crippen LogP contribution in [0.4, 0.5) is 0 Å². The van der Waals surface area contributed by atoms with Gasteiger partial charge in [0.1, 0.15) is 0 Å². The van der Waals surface area contributed by atoms with Gasteiger partial charge in [0.15, 0.2) is 5.78 Å². The summed E-state index contributed by atoms with van der Waals surface area (Å²) in [7, 11) is 0. The molecule has 6 nitrogen and oxygen atoms in total. The zero-order valence-corrected chi connectivity index (χ0v) is 6.13. The molecule has 0 atom stereocenters. The fourth-order valence-electron chi connectivity index (χ4n) is 0.785. The Labute approximate surface area is 65.9 Å². The van der Waals surface area contributed by atoms with Gasteiger partial charge < -0.3 is 10.1 Å². The quantitative estimate of drug-likeness (QED) is 0.490. The minimum absolute atomic E-state index is 0.547. The van der Waals surface area contributed by atoms with E-state index in [4.69, 9.17) is 0 Å². The summed E-state index contributed by atoms with van der Waals surface area (Å²) in [6.07, 6.45) is 0. The maximum absolute atomic E-state index is 10.8. The first-order valence-corrected chi connectivity index (χ1v) is 3.07. The number of aromatic nitrogens is 2. The molecule has 0 aromatic carbocycles. The molecule has 1 rings (SSSR count). The van der Waals surface area contributed by atoms with Gasteiger partial charge in [-0.15, -0.1) is 0 Å². The van der Waals surface area contributed by atoms with E-state index in [2.05, 4.69) is 0 Å². The minimum atomic E-state index is -0.948. The van der Waals surface area contributed by atoms with Crippen molar-refractivity contribution < 1.29 is 9.90 Å². The summed E-state index contributed by atoms with van der Waals surface area (Å²) in [5.41, 5.74) is -2.40. The highest BCUT2D eigenvalue weighted by Crippen LogP contribution is 1.99. The highest BCUT2D eigenvalue weighted by atomic mass is 16.3. The predicted octanol–water partition coefficient (Wildman–Crippen LogP) is -1.66. The zero-order chi connectivity index (χ0) is 9.30. The molecule has 0 spiro atoms. The van der Waals surface area contributed by atoms with Crippen molar-refractivity contribution in [2.24, 2.45) is 0 Å². The highest BCUT2D eigenvalue weighted by molar-refractivity contribution is 5.95. The number of carbonyl (C=O) groups is 1. The van der Waals surface area contributed by atoms with Gasteiger partial charge in [-0.1, -0.05) is 0 Å². The van der Waals surface area contributed by atoms with Crippen LogP contribution in [0.25, 0.3) is 0 Å². The lowest BCUT2D eigenvalue weighted by Gasteiger charge is -2.06. The average Bonchev–Trinajstić information content (AvgIpc) is 1.82. The predicted molar refractivity (Wildman–Crippen MR) is 37.1 cm³/mol. The number of hydrogen-bond donors (Lipinski definition) is 2. The van der Waals surface area contributed by atoms with Gasteiger partial charge in [0.25, 0.3) is 5.56 Å². The van der Waals surface area contributed by atoms with Crippen LogP contribution in [0.3, 0.4) is 0 Å². The van der Waals surface area contributed by atoms with Crippen LogP contribution in [0.15, 0.2) is 9.59 Å². The fourth-order valence-corrected chi connectivity index (χ4v) is 0.785. The molecule has 2 N–H and O–H groups in total. The molecule has 0 bridgehead atoms. The van der Waals surface area contributed by atoms with Crippen LogP contribution >= 0.6 is 0 Å². The first-order valence-electron chi connectivity index (χ1n) is 3.07. The maximum atomic E-state index is 10.8. The van der Waals surface area contributed by atoms with Crippen molar-refractivity contribution in [2.75, 3.05) is 0 Å². The van der Waals surface area contributed by atoms with Crippen LogP contribution in [-0.4, -0.2) is 15.8 Å². The van der Waals surface area contributed by atoms with Crippen LogP contribution in [0.1, 0.15) is 17.3 Å². The SMILES string of the molecule is CC(=O)c1c([O-])[nH]c(=O)[nH]c1=O. The molecule has 0 saturated carbocycles. The van der Waals surface area contributed by atoms with Crippen LogP contribution in [0.5, 0.6) is 5.88 Å². The van der Waals surface area contributed by atoms with Crippen molar-refractivity contribution in [1.82, 2.24) is 9.97 Å². The van der Waals surface area contributed by atoms with Gasteiger partial charge in [-0.2, -0.15) is 0 Å². The fraction of sp³-hybridized carbons (Fsp3) is 0.167. The second-order valence-electron chi connectivity index (χ2n) is 2.17. The van der Waals surface area contributed by atoms with Gasteiger partial charge in [0.2, 0.25) is 0 Å². The molecule has 0 aliphatic carbocycles. The molecule has 0 fully saturated rings. The van der Waals surface area contributed by atoms with E-state index in [-0.39, 0.29) is 0 Å². The first-order chi connectivity index (χ1) is 5.52. The third kappa shape index (κ3) is 1.26. The van der Waals surface area contributed by atoms with Crippen molar-refractivity contribution in [2.45, 2.75) is 6.92 Å². The number of H-pyrrole nitrogens is 2. The molecule has 6 heteroatoms. The Kier molecular flexibility index (Phi) is 1.82. The summed E-state index contributed by atoms with van der Waals surface area (Å²) in [5, 5.41) is 10.8. The van der Waals surface area contributed by atoms with Gasteiger partial charge in [0, 0.05) is 0 Å². The van der Waals surface area contributed by atoms with Crippen LogP contribution in [0.2, 0.25) is 0 Å². The van der Waals surface area contributed by atoms with Crippen LogP contribution in [0, 0.1) is 0 Å². The Morgan fingerprint density at radius 3 is 2.33 bits per heavy atom. The summed E-state index contributed by atoms with van der Waals surface area (Å²) in [5.74, 6) is -1.62. The number of Topliss-reactive ketones (excluding diaryl/α,β-unsaturated/α-hetero) is 1. The van der Waals surface area contributed by atoms with E-state index in [1.54, 1.807) is 9.97 Å². The van der Waals surface area contributed by atoms with E-state index < -0.39 is 28.5 Å². The molecule has 1 aromatic heterocycles. The number of carbonyl (C=O) groups excluding carboxylic acids is 1. The lowest BCUT2D eigenvalue weighted by molar-refractivity contribution is -0.275. The molecule has 0 unspecified atom stereocenters. The summed E-state index contributed by atoms with van der Waals surface area (Å²) in [4.78, 5) is 35.5. The van der Waals surface area contributed by atoms with Crippen molar-refractivity contribution >= 4 is 5.78 Å². The molecule has 0 amide bonds. The number of rotatable bonds is 1. The molecular weight excluding hydrogens is 164 g/mol. The molecule has 12 heavy (non-hydrogen) atoms. The minimum Gasteiger partial charge on any atom is -0.859 e. The van der Waals surface area contributed by atoms with E-state index in [0.717, 1.165) is 6.92 Å². The molecule has 0 saturated heterocycles. The number of ketones is 1. The van der Waals surface area contributed by atoms with Crippen LogP contribution < -0.4 is 16.4 Å². The molecule has 0 radical (unpaired) electrons. The summed E-state index contributed by atoms with van der Waals surface area (Å²) in [6, 6.07) is 0. The van der Waals surface area contributed by atoms with Crippen molar-refractivity contribution in [3.8, 4) is 5.88 Å². The van der Waals surface area contributed by atoms with Crippen LogP contribution in [-0.2, 0) is 0 Å². The summed E-state index contributed by atoms with van der Waals surface area (Å²) in [6.45, 7) is 1.07. The normalized spacial score (nSPS) is 9.75. The molecule has 1 aromatic rings. The van der Waals surface area contributed by atoms with Crippen molar-refractivity contribution in [1.29, 1.82) is 0 Å². The summed E-state index contributed by atoms with van der Waals surface area (Å²) >= 11 is 0. The Hall–Kier alpha value is -1.85. The van der Waals surface area contributed by atoms with Gasteiger partial charge in [-0.3, -0.25) is 14.6 Å². The van der Waals surface area contributed by atoms with Gasteiger partial charge in [-0.25, -0.2) is 4.79 Å². The first kappa shape index (κ1) is 8.25.